The Morgan fingerprint density at radius 2 is 0.433 bits per heavy atom. The predicted octanol–water partition coefficient (Wildman–Crippen LogP) is 12.9. The second kappa shape index (κ2) is 31.1. The molecule has 27 heteroatoms. The van der Waals surface area contributed by atoms with Gasteiger partial charge in [-0.2, -0.15) is 0 Å². The molecule has 396 valence electrons. The molecule has 0 aliphatic carbocycles. The van der Waals surface area contributed by atoms with E-state index in [0.29, 0.717) is 39.1 Å². The van der Waals surface area contributed by atoms with Crippen molar-refractivity contribution in [3.8, 4) is 0 Å². The van der Waals surface area contributed by atoms with Crippen molar-refractivity contribution in [2.45, 2.75) is 229 Å². The smallest absolute Gasteiger partial charge is 0.437 e. The Hall–Kier alpha value is 2.77. The third kappa shape index (κ3) is 32.7. The van der Waals surface area contributed by atoms with Gasteiger partial charge in [0.1, 0.15) is 0 Å². The van der Waals surface area contributed by atoms with E-state index >= 15 is 0 Å². The van der Waals surface area contributed by atoms with Gasteiger partial charge in [0.15, 0.2) is 66.5 Å². The lowest BCUT2D eigenvalue weighted by Crippen LogP contribution is -2.62. The van der Waals surface area contributed by atoms with E-state index < -0.39 is 92.7 Å². The summed E-state index contributed by atoms with van der Waals surface area (Å²) in [5.74, 6) is 0. The largest absolute Gasteiger partial charge is 0.469 e. The number of rotatable bonds is 42. The van der Waals surface area contributed by atoms with Crippen molar-refractivity contribution < 1.29 is 50.6 Å². The standard InChI is InChI=1S/C40H104O12Si15/c1-25-31-66(47-57(7,8)33-27-53-41-3,48-58(9,10)34-28-54-42-4)51-63(19,20)39-37-61(15,16)45-65(23,24)46-62(17,18)38-40-64(21,22)52-67(32-26-2,49-59(11,12)35-29-55-43-5)50-60(13,14)36-30-56-44-6/h25-40H2,1-24H3. The molecule has 0 saturated carbocycles. The monoisotopic (exact) mass is 1200 g/mol. The first-order chi connectivity index (χ1) is 30.4. The Balaban J connectivity index is 6.31. The van der Waals surface area contributed by atoms with Crippen LogP contribution in [-0.2, 0) is 50.6 Å². The van der Waals surface area contributed by atoms with Crippen molar-refractivity contribution in [3.05, 3.63) is 0 Å². The molecule has 0 atom stereocenters. The minimum absolute atomic E-state index is 0.493. The van der Waals surface area contributed by atoms with Crippen molar-refractivity contribution in [3.63, 3.8) is 0 Å². The summed E-state index contributed by atoms with van der Waals surface area (Å²) in [6, 6.07) is 14.0. The Labute approximate surface area is 436 Å². The third-order valence-electron chi connectivity index (χ3n) is 11.3. The molecule has 0 N–H and O–H groups in total. The predicted molar refractivity (Wildman–Crippen MR) is 316 cm³/mol. The van der Waals surface area contributed by atoms with Crippen LogP contribution in [0, 0.1) is 0 Å². The highest BCUT2D eigenvalue weighted by molar-refractivity contribution is 6.94. The van der Waals surface area contributed by atoms with Gasteiger partial charge in [-0.15, -0.1) is 0 Å². The van der Waals surface area contributed by atoms with Crippen LogP contribution in [-0.4, -0.2) is 160 Å². The molecule has 0 rings (SSSR count). The molecule has 0 heterocycles. The summed E-state index contributed by atoms with van der Waals surface area (Å²) in [7, 11) is -16.8. The zero-order valence-electron chi connectivity index (χ0n) is 47.7. The minimum Gasteiger partial charge on any atom is -0.437 e. The molecule has 0 fully saturated rings. The van der Waals surface area contributed by atoms with E-state index in [2.05, 4.69) is 132 Å². The number of hydrogen-bond donors (Lipinski definition) is 0. The zero-order valence-corrected chi connectivity index (χ0v) is 62.7. The summed E-state index contributed by atoms with van der Waals surface area (Å²) < 4.78 is 81.1. The van der Waals surface area contributed by atoms with Crippen LogP contribution < -0.4 is 0 Å². The van der Waals surface area contributed by atoms with Gasteiger partial charge in [0.2, 0.25) is 39.1 Å². The van der Waals surface area contributed by atoms with Crippen molar-refractivity contribution in [2.75, 3.05) is 28.4 Å². The molecule has 8 radical (unpaired) electrons. The molecule has 0 bridgehead atoms. The van der Waals surface area contributed by atoms with Gasteiger partial charge in [0.05, 0.1) is 0 Å². The molecule has 0 spiro atoms. The van der Waals surface area contributed by atoms with E-state index in [9.17, 15) is 0 Å². The van der Waals surface area contributed by atoms with E-state index in [-0.39, 0.29) is 0 Å². The molecule has 12 nitrogen and oxygen atoms in total. The van der Waals surface area contributed by atoms with Crippen LogP contribution in [0.1, 0.15) is 26.7 Å². The van der Waals surface area contributed by atoms with E-state index in [4.69, 9.17) is 50.6 Å². The summed E-state index contributed by atoms with van der Waals surface area (Å²) in [5, 5.41) is 0. The molecule has 0 aromatic carbocycles. The van der Waals surface area contributed by atoms with E-state index in [0.717, 1.165) is 97.5 Å². The Morgan fingerprint density at radius 3 is 0.612 bits per heavy atom. The normalized spacial score (nSPS) is 14.7. The number of hydrogen-bond acceptors (Lipinski definition) is 12. The van der Waals surface area contributed by atoms with Gasteiger partial charge in [-0.05, 0) is 190 Å². The van der Waals surface area contributed by atoms with Crippen LogP contribution in [0.5, 0.6) is 0 Å². The first kappa shape index (κ1) is 69.8. The van der Waals surface area contributed by atoms with Crippen molar-refractivity contribution in [2.24, 2.45) is 0 Å². The van der Waals surface area contributed by atoms with Crippen LogP contribution in [0.4, 0.5) is 0 Å². The topological polar surface area (TPSA) is 111 Å². The highest BCUT2D eigenvalue weighted by Crippen LogP contribution is 2.38. The minimum atomic E-state index is -3.03. The van der Waals surface area contributed by atoms with Gasteiger partial charge >= 0.3 is 26.2 Å². The second-order valence-electron chi connectivity index (χ2n) is 23.6. The fourth-order valence-corrected chi connectivity index (χ4v) is 71.6. The molecule has 0 saturated heterocycles. The maximum absolute atomic E-state index is 7.54. The van der Waals surface area contributed by atoms with Gasteiger partial charge in [-0.3, -0.25) is 0 Å². The highest BCUT2D eigenvalue weighted by atomic mass is 28.5. The van der Waals surface area contributed by atoms with Gasteiger partial charge < -0.3 is 50.6 Å². The van der Waals surface area contributed by atoms with Crippen LogP contribution in [0.2, 0.25) is 202 Å². The van der Waals surface area contributed by atoms with E-state index in [1.807, 2.05) is 0 Å². The molecule has 67 heavy (non-hydrogen) atoms. The fraction of sp³-hybridized carbons (Fsp3) is 1.00. The van der Waals surface area contributed by atoms with Crippen LogP contribution >= 0.6 is 0 Å². The van der Waals surface area contributed by atoms with Crippen molar-refractivity contribution in [1.29, 1.82) is 0 Å². The van der Waals surface area contributed by atoms with Gasteiger partial charge in [-0.25, -0.2) is 0 Å². The molecule has 0 unspecified atom stereocenters. The average Bonchev–Trinajstić information content (AvgIpc) is 3.11. The first-order valence-corrected chi connectivity index (χ1v) is 61.1. The first-order valence-electron chi connectivity index (χ1n) is 25.1. The van der Waals surface area contributed by atoms with Gasteiger partial charge in [-0.1, -0.05) is 26.7 Å². The lowest BCUT2D eigenvalue weighted by Gasteiger charge is -2.46. The molecule has 0 aromatic rings. The molecule has 0 aromatic heterocycles. The maximum atomic E-state index is 7.54. The van der Waals surface area contributed by atoms with Crippen molar-refractivity contribution in [1.82, 2.24) is 0 Å². The molecule has 0 aliphatic heterocycles. The van der Waals surface area contributed by atoms with Gasteiger partial charge in [0.25, 0.3) is 0 Å². The molecular formula is C40H104O12Si15. The van der Waals surface area contributed by atoms with Crippen LogP contribution in [0.15, 0.2) is 0 Å². The lowest BCUT2D eigenvalue weighted by atomic mass is 10.6. The summed E-state index contributed by atoms with van der Waals surface area (Å²) >= 11 is 0. The molecule has 0 aliphatic rings. The highest BCUT2D eigenvalue weighted by Gasteiger charge is 2.54. The Kier molecular flexibility index (Phi) is 32.4. The SMILES string of the molecule is CCC[Si](O[Si](C)(C)CC[Si]OC)(O[Si](C)(C)CC[Si]OC)O[Si](C)(C)CC[Si](C)(C)O[Si](C)(C)O[Si](C)(C)CC[Si](C)(C)O[Si](CCC)(O[Si](C)(C)CC[Si]OC)O[Si](C)(C)CC[Si]OC. The average molecular weight is 1200 g/mol. The third-order valence-corrected chi connectivity index (χ3v) is 60.2. The molecular weight excluding hydrogens is 1090 g/mol. The van der Waals surface area contributed by atoms with Crippen LogP contribution in [0.3, 0.4) is 0 Å². The quantitative estimate of drug-likeness (QED) is 0.0429. The van der Waals surface area contributed by atoms with E-state index in [1.165, 1.54) is 0 Å². The Morgan fingerprint density at radius 1 is 0.254 bits per heavy atom. The Bertz CT molecular complexity index is 1200. The molecule has 0 amide bonds. The maximum Gasteiger partial charge on any atom is 0.469 e. The lowest BCUT2D eigenvalue weighted by molar-refractivity contribution is 0.245. The van der Waals surface area contributed by atoms with Gasteiger partial charge in [0, 0.05) is 40.5 Å². The van der Waals surface area contributed by atoms with Crippen LogP contribution in [0.25, 0.3) is 0 Å². The zero-order chi connectivity index (χ0) is 52.1. The summed E-state index contributed by atoms with van der Waals surface area (Å²) in [4.78, 5) is 0. The summed E-state index contributed by atoms with van der Waals surface area (Å²) in [5.41, 5.74) is 0. The second-order valence-corrected chi connectivity index (χ2v) is 73.6. The fourth-order valence-electron chi connectivity index (χ4n) is 8.35. The van der Waals surface area contributed by atoms with E-state index in [1.54, 1.807) is 28.4 Å². The summed E-state index contributed by atoms with van der Waals surface area (Å²) in [6.45, 7) is 46.9. The van der Waals surface area contributed by atoms with Crippen molar-refractivity contribution >= 4 is 132 Å². The summed E-state index contributed by atoms with van der Waals surface area (Å²) in [6.07, 6.45) is 1.95.